The van der Waals surface area contributed by atoms with Crippen molar-refractivity contribution in [3.05, 3.63) is 52.8 Å². The van der Waals surface area contributed by atoms with Crippen LogP contribution in [0.4, 0.5) is 0 Å². The second-order valence-corrected chi connectivity index (χ2v) is 5.18. The van der Waals surface area contributed by atoms with Gasteiger partial charge in [0.05, 0.1) is 7.11 Å². The molecule has 0 aliphatic heterocycles. The number of aromatic nitrogens is 2. The summed E-state index contributed by atoms with van der Waals surface area (Å²) in [7, 11) is 1.62. The molecule has 0 amide bonds. The molecule has 0 radical (unpaired) electrons. The van der Waals surface area contributed by atoms with Crippen molar-refractivity contribution in [1.29, 1.82) is 0 Å². The molecule has 0 spiro atoms. The fraction of sp³-hybridized carbons (Fsp3) is 0.0667. The van der Waals surface area contributed by atoms with Gasteiger partial charge < -0.3 is 4.74 Å². The zero-order valence-corrected chi connectivity index (χ0v) is 12.3. The molecule has 3 aromatic rings. The highest BCUT2D eigenvalue weighted by atomic mass is 79.9. The number of carbonyl (C=O) groups is 1. The number of aldehydes is 1. The van der Waals surface area contributed by atoms with Gasteiger partial charge in [0.1, 0.15) is 22.8 Å². The van der Waals surface area contributed by atoms with E-state index < -0.39 is 0 Å². The van der Waals surface area contributed by atoms with Gasteiger partial charge in [-0.1, -0.05) is 15.9 Å². The zero-order chi connectivity index (χ0) is 14.1. The first-order chi connectivity index (χ1) is 9.72. The predicted molar refractivity (Wildman–Crippen MR) is 80.3 cm³/mol. The maximum absolute atomic E-state index is 11.4. The van der Waals surface area contributed by atoms with Crippen molar-refractivity contribution >= 4 is 27.9 Å². The summed E-state index contributed by atoms with van der Waals surface area (Å²) in [5.74, 6) is 0.771. The molecule has 0 unspecified atom stereocenters. The van der Waals surface area contributed by atoms with Gasteiger partial charge in [-0.25, -0.2) is 4.98 Å². The molecule has 0 saturated heterocycles. The molecule has 3 rings (SSSR count). The minimum Gasteiger partial charge on any atom is -0.497 e. The summed E-state index contributed by atoms with van der Waals surface area (Å²) >= 11 is 3.41. The van der Waals surface area contributed by atoms with Gasteiger partial charge in [0, 0.05) is 16.2 Å². The van der Waals surface area contributed by atoms with E-state index in [1.54, 1.807) is 11.5 Å². The minimum atomic E-state index is 0.540. The van der Waals surface area contributed by atoms with Crippen LogP contribution < -0.4 is 4.74 Å². The first-order valence-corrected chi connectivity index (χ1v) is 6.79. The lowest BCUT2D eigenvalue weighted by Crippen LogP contribution is -1.92. The Morgan fingerprint density at radius 3 is 2.65 bits per heavy atom. The van der Waals surface area contributed by atoms with Crippen LogP contribution in [0.5, 0.6) is 5.75 Å². The van der Waals surface area contributed by atoms with Crippen molar-refractivity contribution < 1.29 is 9.53 Å². The Morgan fingerprint density at radius 2 is 2.00 bits per heavy atom. The van der Waals surface area contributed by atoms with Gasteiger partial charge in [-0.05, 0) is 36.4 Å². The van der Waals surface area contributed by atoms with E-state index in [-0.39, 0.29) is 0 Å². The number of hydrogen-bond donors (Lipinski definition) is 0. The fourth-order valence-electron chi connectivity index (χ4n) is 2.11. The Morgan fingerprint density at radius 1 is 1.25 bits per heavy atom. The number of hydrogen-bond acceptors (Lipinski definition) is 3. The lowest BCUT2D eigenvalue weighted by Gasteiger charge is -2.01. The van der Waals surface area contributed by atoms with Crippen LogP contribution in [0, 0.1) is 0 Å². The number of halogens is 1. The van der Waals surface area contributed by atoms with Crippen LogP contribution >= 0.6 is 15.9 Å². The maximum atomic E-state index is 11.4. The summed E-state index contributed by atoms with van der Waals surface area (Å²) < 4.78 is 7.83. The third-order valence-corrected chi connectivity index (χ3v) is 3.59. The Labute approximate surface area is 124 Å². The van der Waals surface area contributed by atoms with Crippen LogP contribution in [0.2, 0.25) is 0 Å². The molecule has 0 bridgehead atoms. The van der Waals surface area contributed by atoms with Crippen molar-refractivity contribution in [2.45, 2.75) is 0 Å². The Bertz CT molecular complexity index is 778. The van der Waals surface area contributed by atoms with Gasteiger partial charge in [0.25, 0.3) is 0 Å². The predicted octanol–water partition coefficient (Wildman–Crippen LogP) is 3.58. The maximum Gasteiger partial charge on any atom is 0.169 e. The number of nitrogens with zero attached hydrogens (tertiary/aromatic N) is 2. The average molecular weight is 331 g/mol. The highest BCUT2D eigenvalue weighted by molar-refractivity contribution is 9.10. The molecule has 100 valence electrons. The molecular weight excluding hydrogens is 320 g/mol. The summed E-state index contributed by atoms with van der Waals surface area (Å²) in [5, 5.41) is 0. The van der Waals surface area contributed by atoms with Crippen molar-refractivity contribution in [3.8, 4) is 17.0 Å². The van der Waals surface area contributed by atoms with Gasteiger partial charge in [-0.2, -0.15) is 0 Å². The van der Waals surface area contributed by atoms with Crippen LogP contribution in [-0.4, -0.2) is 22.8 Å². The standard InChI is InChI=1S/C15H11BrN2O2/c1-20-12-4-2-10(3-5-12)15-13(9-19)18-7-6-11(16)8-14(18)17-15/h2-9H,1H3. The number of benzene rings is 1. The lowest BCUT2D eigenvalue weighted by molar-refractivity contribution is 0.111. The topological polar surface area (TPSA) is 43.6 Å². The van der Waals surface area contributed by atoms with E-state index in [0.29, 0.717) is 11.4 Å². The van der Waals surface area contributed by atoms with Crippen LogP contribution in [0.25, 0.3) is 16.9 Å². The smallest absolute Gasteiger partial charge is 0.169 e. The van der Waals surface area contributed by atoms with E-state index in [0.717, 1.165) is 27.7 Å². The summed E-state index contributed by atoms with van der Waals surface area (Å²) in [6.45, 7) is 0. The van der Waals surface area contributed by atoms with Crippen LogP contribution in [-0.2, 0) is 0 Å². The fourth-order valence-corrected chi connectivity index (χ4v) is 2.44. The Kier molecular flexibility index (Phi) is 3.28. The second kappa shape index (κ2) is 5.09. The van der Waals surface area contributed by atoms with Crippen LogP contribution in [0.3, 0.4) is 0 Å². The Balaban J connectivity index is 2.21. The number of rotatable bonds is 3. The third kappa shape index (κ3) is 2.10. The van der Waals surface area contributed by atoms with E-state index in [4.69, 9.17) is 4.74 Å². The molecule has 5 heteroatoms. The minimum absolute atomic E-state index is 0.540. The average Bonchev–Trinajstić information content (AvgIpc) is 2.84. The molecule has 1 aromatic carbocycles. The molecule has 20 heavy (non-hydrogen) atoms. The molecule has 2 heterocycles. The number of pyridine rings is 1. The molecule has 0 aliphatic carbocycles. The molecule has 2 aromatic heterocycles. The number of fused-ring (bicyclic) bond motifs is 1. The van der Waals surface area contributed by atoms with Gasteiger partial charge in [-0.3, -0.25) is 9.20 Å². The molecule has 0 fully saturated rings. The summed E-state index contributed by atoms with van der Waals surface area (Å²) in [5.41, 5.74) is 2.82. The van der Waals surface area contributed by atoms with Crippen molar-refractivity contribution in [3.63, 3.8) is 0 Å². The highest BCUT2D eigenvalue weighted by Crippen LogP contribution is 2.26. The Hall–Kier alpha value is -2.14. The van der Waals surface area contributed by atoms with Crippen LogP contribution in [0.15, 0.2) is 47.1 Å². The van der Waals surface area contributed by atoms with E-state index in [1.807, 2.05) is 42.6 Å². The number of ether oxygens (including phenoxy) is 1. The van der Waals surface area contributed by atoms with E-state index >= 15 is 0 Å². The van der Waals surface area contributed by atoms with E-state index in [2.05, 4.69) is 20.9 Å². The molecule has 0 atom stereocenters. The number of methoxy groups -OCH3 is 1. The molecular formula is C15H11BrN2O2. The van der Waals surface area contributed by atoms with E-state index in [9.17, 15) is 4.79 Å². The van der Waals surface area contributed by atoms with Gasteiger partial charge in [0.2, 0.25) is 0 Å². The van der Waals surface area contributed by atoms with Crippen molar-refractivity contribution in [2.24, 2.45) is 0 Å². The molecule has 0 saturated carbocycles. The van der Waals surface area contributed by atoms with Gasteiger partial charge >= 0.3 is 0 Å². The monoisotopic (exact) mass is 330 g/mol. The van der Waals surface area contributed by atoms with Gasteiger partial charge in [-0.15, -0.1) is 0 Å². The zero-order valence-electron chi connectivity index (χ0n) is 10.7. The summed E-state index contributed by atoms with van der Waals surface area (Å²) in [6.07, 6.45) is 2.65. The molecule has 0 aliphatic rings. The second-order valence-electron chi connectivity index (χ2n) is 4.27. The molecule has 0 N–H and O–H groups in total. The van der Waals surface area contributed by atoms with Crippen LogP contribution in [0.1, 0.15) is 10.5 Å². The first-order valence-electron chi connectivity index (χ1n) is 6.00. The quantitative estimate of drug-likeness (QED) is 0.689. The summed E-state index contributed by atoms with van der Waals surface area (Å²) in [4.78, 5) is 15.9. The first kappa shape index (κ1) is 12.9. The normalized spacial score (nSPS) is 10.7. The third-order valence-electron chi connectivity index (χ3n) is 3.10. The number of imidazole rings is 1. The SMILES string of the molecule is COc1ccc(-c2nc3cc(Br)ccn3c2C=O)cc1. The molecule has 4 nitrogen and oxygen atoms in total. The largest absolute Gasteiger partial charge is 0.497 e. The van der Waals surface area contributed by atoms with E-state index in [1.165, 1.54) is 0 Å². The summed E-state index contributed by atoms with van der Waals surface area (Å²) in [6, 6.07) is 11.2. The highest BCUT2D eigenvalue weighted by Gasteiger charge is 2.13. The van der Waals surface area contributed by atoms with Gasteiger partial charge in [0.15, 0.2) is 6.29 Å². The van der Waals surface area contributed by atoms with Crippen molar-refractivity contribution in [1.82, 2.24) is 9.38 Å². The van der Waals surface area contributed by atoms with Crippen molar-refractivity contribution in [2.75, 3.05) is 7.11 Å². The lowest BCUT2D eigenvalue weighted by atomic mass is 10.1. The number of carbonyl (C=O) groups excluding carboxylic acids is 1.